The van der Waals surface area contributed by atoms with Gasteiger partial charge in [0.25, 0.3) is 0 Å². The zero-order valence-electron chi connectivity index (χ0n) is 11.3. The van der Waals surface area contributed by atoms with Gasteiger partial charge in [-0.25, -0.2) is 0 Å². The number of nitrogens with zero attached hydrogens (tertiary/aromatic N) is 1. The van der Waals surface area contributed by atoms with Gasteiger partial charge < -0.3 is 10.6 Å². The predicted molar refractivity (Wildman–Crippen MR) is 77.7 cm³/mol. The van der Waals surface area contributed by atoms with Crippen LogP contribution < -0.4 is 5.73 Å². The van der Waals surface area contributed by atoms with Crippen LogP contribution in [0.25, 0.3) is 0 Å². The van der Waals surface area contributed by atoms with E-state index in [0.29, 0.717) is 18.9 Å². The first kappa shape index (κ1) is 16.9. The van der Waals surface area contributed by atoms with Crippen molar-refractivity contribution >= 4 is 18.3 Å². The van der Waals surface area contributed by atoms with E-state index in [0.717, 1.165) is 0 Å². The Labute approximate surface area is 116 Å². The molecule has 102 valence electrons. The molecule has 1 unspecified atom stereocenters. The smallest absolute Gasteiger partial charge is 0.224 e. The number of carbonyl (C=O) groups is 1. The van der Waals surface area contributed by atoms with Gasteiger partial charge in [-0.05, 0) is 11.5 Å². The minimum Gasteiger partial charge on any atom is -0.338 e. The number of benzene rings is 1. The van der Waals surface area contributed by atoms with Gasteiger partial charge in [0.1, 0.15) is 0 Å². The van der Waals surface area contributed by atoms with Crippen LogP contribution in [0, 0.1) is 5.92 Å². The predicted octanol–water partition coefficient (Wildman–Crippen LogP) is 2.61. The molecule has 1 amide bonds. The van der Waals surface area contributed by atoms with Crippen LogP contribution in [-0.4, -0.2) is 24.4 Å². The summed E-state index contributed by atoms with van der Waals surface area (Å²) in [4.78, 5) is 13.7. The van der Waals surface area contributed by atoms with E-state index in [-0.39, 0.29) is 24.4 Å². The van der Waals surface area contributed by atoms with Crippen molar-refractivity contribution in [2.24, 2.45) is 11.7 Å². The monoisotopic (exact) mass is 270 g/mol. The summed E-state index contributed by atoms with van der Waals surface area (Å²) < 4.78 is 0. The van der Waals surface area contributed by atoms with Gasteiger partial charge in [0, 0.05) is 20.0 Å². The van der Waals surface area contributed by atoms with Crippen molar-refractivity contribution in [3.63, 3.8) is 0 Å². The van der Waals surface area contributed by atoms with E-state index in [1.807, 2.05) is 30.1 Å². The molecule has 2 N–H and O–H groups in total. The summed E-state index contributed by atoms with van der Waals surface area (Å²) in [5.74, 6) is 0.485. The van der Waals surface area contributed by atoms with Crippen LogP contribution in [0.2, 0.25) is 0 Å². The maximum Gasteiger partial charge on any atom is 0.224 e. The molecule has 1 aromatic rings. The molecule has 1 aromatic carbocycles. The van der Waals surface area contributed by atoms with Crippen LogP contribution in [0.3, 0.4) is 0 Å². The first-order chi connectivity index (χ1) is 8.07. The molecule has 0 bridgehead atoms. The van der Waals surface area contributed by atoms with Gasteiger partial charge in [-0.3, -0.25) is 4.79 Å². The van der Waals surface area contributed by atoms with Crippen LogP contribution in [0.5, 0.6) is 0 Å². The summed E-state index contributed by atoms with van der Waals surface area (Å²) >= 11 is 0. The largest absolute Gasteiger partial charge is 0.338 e. The number of hydrogen-bond donors (Lipinski definition) is 1. The number of carbonyl (C=O) groups excluding carboxylic acids is 1. The molecule has 1 rings (SSSR count). The highest BCUT2D eigenvalue weighted by Crippen LogP contribution is 2.27. The van der Waals surface area contributed by atoms with Crippen LogP contribution in [-0.2, 0) is 4.79 Å². The summed E-state index contributed by atoms with van der Waals surface area (Å²) in [7, 11) is 1.86. The Hall–Kier alpha value is -1.06. The van der Waals surface area contributed by atoms with E-state index in [9.17, 15) is 4.79 Å². The summed E-state index contributed by atoms with van der Waals surface area (Å²) in [6.07, 6.45) is 0.409. The lowest BCUT2D eigenvalue weighted by atomic mass is 9.94. The normalized spacial score (nSPS) is 11.8. The topological polar surface area (TPSA) is 46.3 Å². The molecular weight excluding hydrogens is 248 g/mol. The molecule has 0 aliphatic heterocycles. The Kier molecular flexibility index (Phi) is 7.64. The highest BCUT2D eigenvalue weighted by atomic mass is 35.5. The molecule has 0 aliphatic rings. The molecule has 0 heterocycles. The summed E-state index contributed by atoms with van der Waals surface area (Å²) in [5.41, 5.74) is 6.61. The van der Waals surface area contributed by atoms with Gasteiger partial charge in [0.15, 0.2) is 0 Å². The SMILES string of the molecule is CC(C)C(c1ccccc1)N(C)C(=O)CCN.Cl. The second-order valence-corrected chi connectivity index (χ2v) is 4.64. The maximum atomic E-state index is 11.9. The number of nitrogens with two attached hydrogens (primary N) is 1. The zero-order valence-corrected chi connectivity index (χ0v) is 12.1. The Balaban J connectivity index is 0.00000289. The van der Waals surface area contributed by atoms with Crippen molar-refractivity contribution in [1.29, 1.82) is 0 Å². The Morgan fingerprint density at radius 1 is 1.28 bits per heavy atom. The van der Waals surface area contributed by atoms with Crippen molar-refractivity contribution in [2.45, 2.75) is 26.3 Å². The number of halogens is 1. The average molecular weight is 271 g/mol. The zero-order chi connectivity index (χ0) is 12.8. The molecule has 0 saturated heterocycles. The Morgan fingerprint density at radius 3 is 2.28 bits per heavy atom. The van der Waals surface area contributed by atoms with E-state index in [4.69, 9.17) is 5.73 Å². The summed E-state index contributed by atoms with van der Waals surface area (Å²) in [6, 6.07) is 10.3. The minimum absolute atomic E-state index is 0. The lowest BCUT2D eigenvalue weighted by Gasteiger charge is -2.31. The highest BCUT2D eigenvalue weighted by molar-refractivity contribution is 5.85. The number of rotatable bonds is 5. The maximum absolute atomic E-state index is 11.9. The fourth-order valence-corrected chi connectivity index (χ4v) is 2.16. The average Bonchev–Trinajstić information content (AvgIpc) is 2.30. The second-order valence-electron chi connectivity index (χ2n) is 4.64. The number of amides is 1. The molecule has 3 nitrogen and oxygen atoms in total. The minimum atomic E-state index is 0. The molecule has 0 saturated carbocycles. The van der Waals surface area contributed by atoms with Gasteiger partial charge in [-0.15, -0.1) is 12.4 Å². The lowest BCUT2D eigenvalue weighted by molar-refractivity contribution is -0.132. The molecule has 0 radical (unpaired) electrons. The van der Waals surface area contributed by atoms with Crippen LogP contribution in [0.1, 0.15) is 31.9 Å². The van der Waals surface area contributed by atoms with Crippen molar-refractivity contribution in [2.75, 3.05) is 13.6 Å². The van der Waals surface area contributed by atoms with E-state index >= 15 is 0 Å². The van der Waals surface area contributed by atoms with E-state index < -0.39 is 0 Å². The van der Waals surface area contributed by atoms with Gasteiger partial charge in [0.05, 0.1) is 6.04 Å². The Morgan fingerprint density at radius 2 is 1.83 bits per heavy atom. The van der Waals surface area contributed by atoms with E-state index in [1.54, 1.807) is 0 Å². The van der Waals surface area contributed by atoms with E-state index in [2.05, 4.69) is 26.0 Å². The van der Waals surface area contributed by atoms with E-state index in [1.165, 1.54) is 5.56 Å². The van der Waals surface area contributed by atoms with Crippen molar-refractivity contribution < 1.29 is 4.79 Å². The molecule has 0 aromatic heterocycles. The van der Waals surface area contributed by atoms with Crippen molar-refractivity contribution in [1.82, 2.24) is 4.90 Å². The van der Waals surface area contributed by atoms with Gasteiger partial charge in [-0.1, -0.05) is 44.2 Å². The fraction of sp³-hybridized carbons (Fsp3) is 0.500. The van der Waals surface area contributed by atoms with Crippen LogP contribution in [0.4, 0.5) is 0 Å². The molecule has 1 atom stereocenters. The van der Waals surface area contributed by atoms with Gasteiger partial charge >= 0.3 is 0 Å². The van der Waals surface area contributed by atoms with Gasteiger partial charge in [0.2, 0.25) is 5.91 Å². The third-order valence-electron chi connectivity index (χ3n) is 2.94. The third kappa shape index (κ3) is 4.31. The highest BCUT2D eigenvalue weighted by Gasteiger charge is 2.23. The summed E-state index contributed by atoms with van der Waals surface area (Å²) in [5, 5.41) is 0. The number of hydrogen-bond acceptors (Lipinski definition) is 2. The van der Waals surface area contributed by atoms with Crippen LogP contribution >= 0.6 is 12.4 Å². The first-order valence-electron chi connectivity index (χ1n) is 6.08. The molecule has 18 heavy (non-hydrogen) atoms. The molecule has 0 fully saturated rings. The first-order valence-corrected chi connectivity index (χ1v) is 6.08. The molecule has 4 heteroatoms. The second kappa shape index (κ2) is 8.11. The fourth-order valence-electron chi connectivity index (χ4n) is 2.16. The summed E-state index contributed by atoms with van der Waals surface area (Å²) in [6.45, 7) is 4.66. The van der Waals surface area contributed by atoms with Crippen molar-refractivity contribution in [3.05, 3.63) is 35.9 Å². The standard InChI is InChI=1S/C14H22N2O.ClH/c1-11(2)14(12-7-5-4-6-8-12)16(3)13(17)9-10-15;/h4-8,11,14H,9-10,15H2,1-3H3;1H. The van der Waals surface area contributed by atoms with Crippen molar-refractivity contribution in [3.8, 4) is 0 Å². The molecular formula is C14H23ClN2O. The third-order valence-corrected chi connectivity index (χ3v) is 2.94. The quantitative estimate of drug-likeness (QED) is 0.894. The Bertz CT molecular complexity index is 354. The van der Waals surface area contributed by atoms with Gasteiger partial charge in [-0.2, -0.15) is 0 Å². The van der Waals surface area contributed by atoms with Crippen LogP contribution in [0.15, 0.2) is 30.3 Å². The lowest BCUT2D eigenvalue weighted by Crippen LogP contribution is -2.35. The molecule has 0 spiro atoms. The molecule has 0 aliphatic carbocycles.